The van der Waals surface area contributed by atoms with Crippen LogP contribution in [0.3, 0.4) is 0 Å². The zero-order valence-corrected chi connectivity index (χ0v) is 16.4. The number of hydrogen-bond donors (Lipinski definition) is 2. The summed E-state index contributed by atoms with van der Waals surface area (Å²) in [6.45, 7) is 2.00. The number of nitrogens with two attached hydrogens (primary N) is 1. The molecule has 6 nitrogen and oxygen atoms in total. The molecule has 2 aromatic carbocycles. The molecular weight excluding hydrogens is 380 g/mol. The predicted octanol–water partition coefficient (Wildman–Crippen LogP) is 3.93. The lowest BCUT2D eigenvalue weighted by Gasteiger charge is -2.06. The number of carbonyl (C=O) groups excluding carboxylic acids is 1. The fraction of sp³-hybridized carbons (Fsp3) is 0.105. The summed E-state index contributed by atoms with van der Waals surface area (Å²) in [6, 6.07) is 15.1. The van der Waals surface area contributed by atoms with Crippen molar-refractivity contribution >= 4 is 41.5 Å². The number of thiazole rings is 1. The van der Waals surface area contributed by atoms with Gasteiger partial charge in [-0.1, -0.05) is 29.0 Å². The molecule has 1 heterocycles. The molecule has 3 aromatic rings. The Bertz CT molecular complexity index is 1040. The number of hydrazone groups is 1. The lowest BCUT2D eigenvalue weighted by Crippen LogP contribution is -2.18. The zero-order valence-electron chi connectivity index (χ0n) is 14.8. The van der Waals surface area contributed by atoms with Crippen LogP contribution in [-0.4, -0.2) is 23.8 Å². The number of hydrogen-bond acceptors (Lipinski definition) is 6. The van der Waals surface area contributed by atoms with E-state index in [4.69, 9.17) is 22.7 Å². The second kappa shape index (κ2) is 8.15. The highest BCUT2D eigenvalue weighted by atomic mass is 32.1. The third-order valence-electron chi connectivity index (χ3n) is 3.84. The van der Waals surface area contributed by atoms with E-state index in [2.05, 4.69) is 10.5 Å². The molecule has 27 heavy (non-hydrogen) atoms. The van der Waals surface area contributed by atoms with Crippen LogP contribution in [0.1, 0.15) is 20.8 Å². The average molecular weight is 399 g/mol. The zero-order chi connectivity index (χ0) is 19.4. The van der Waals surface area contributed by atoms with Gasteiger partial charge in [-0.2, -0.15) is 5.10 Å². The van der Waals surface area contributed by atoms with Gasteiger partial charge >= 0.3 is 0 Å². The van der Waals surface area contributed by atoms with E-state index in [1.807, 2.05) is 55.5 Å². The first-order valence-electron chi connectivity index (χ1n) is 8.05. The van der Waals surface area contributed by atoms with Gasteiger partial charge in [-0.25, -0.2) is 5.43 Å². The number of carbonyl (C=O) groups is 1. The van der Waals surface area contributed by atoms with Gasteiger partial charge in [0.05, 0.1) is 13.3 Å². The van der Waals surface area contributed by atoms with Crippen molar-refractivity contribution in [2.24, 2.45) is 5.10 Å². The summed E-state index contributed by atoms with van der Waals surface area (Å²) < 4.78 is 7.28. The van der Waals surface area contributed by atoms with Crippen molar-refractivity contribution in [3.63, 3.8) is 0 Å². The van der Waals surface area contributed by atoms with Crippen molar-refractivity contribution in [1.82, 2.24) is 9.99 Å². The SMILES string of the molecule is COc1ccc(/C=N/NC(=O)c2sc(=S)n(-c3ccc(C)cc3)c2N)cc1. The van der Waals surface area contributed by atoms with E-state index in [1.54, 1.807) is 17.9 Å². The smallest absolute Gasteiger partial charge is 0.285 e. The fourth-order valence-electron chi connectivity index (χ4n) is 2.39. The van der Waals surface area contributed by atoms with Crippen LogP contribution in [0, 0.1) is 10.9 Å². The number of methoxy groups -OCH3 is 1. The van der Waals surface area contributed by atoms with Crippen LogP contribution in [0.25, 0.3) is 5.69 Å². The summed E-state index contributed by atoms with van der Waals surface area (Å²) in [5, 5.41) is 3.98. The molecule has 3 rings (SSSR count). The normalized spacial score (nSPS) is 10.9. The number of nitrogen functional groups attached to an aromatic ring is 1. The average Bonchev–Trinajstić information content (AvgIpc) is 2.97. The van der Waals surface area contributed by atoms with Crippen LogP contribution in [0.5, 0.6) is 5.75 Å². The van der Waals surface area contributed by atoms with Gasteiger partial charge in [0.15, 0.2) is 3.95 Å². The van der Waals surface area contributed by atoms with Gasteiger partial charge in [-0.05, 0) is 61.1 Å². The highest BCUT2D eigenvalue weighted by Gasteiger charge is 2.17. The van der Waals surface area contributed by atoms with Crippen molar-refractivity contribution in [2.75, 3.05) is 12.8 Å². The summed E-state index contributed by atoms with van der Waals surface area (Å²) in [5.41, 5.74) is 11.4. The van der Waals surface area contributed by atoms with Crippen molar-refractivity contribution < 1.29 is 9.53 Å². The number of amides is 1. The Labute approximate surface area is 165 Å². The van der Waals surface area contributed by atoms with Crippen LogP contribution in [0.4, 0.5) is 5.82 Å². The van der Waals surface area contributed by atoms with Crippen LogP contribution in [0.2, 0.25) is 0 Å². The van der Waals surface area contributed by atoms with E-state index in [0.29, 0.717) is 14.6 Å². The number of aryl methyl sites for hydroxylation is 1. The Balaban J connectivity index is 1.77. The molecule has 0 saturated carbocycles. The molecule has 0 aliphatic carbocycles. The standard InChI is InChI=1S/C19H18N4O2S2/c1-12-3-7-14(8-4-12)23-17(20)16(27-19(23)26)18(24)22-21-11-13-5-9-15(25-2)10-6-13/h3-11H,20H2,1-2H3,(H,22,24)/b21-11+. The molecule has 0 radical (unpaired) electrons. The number of nitrogens with one attached hydrogen (secondary N) is 1. The van der Waals surface area contributed by atoms with E-state index in [-0.39, 0.29) is 0 Å². The Morgan fingerprint density at radius 3 is 2.52 bits per heavy atom. The molecule has 0 atom stereocenters. The Kier molecular flexibility index (Phi) is 5.68. The monoisotopic (exact) mass is 398 g/mol. The topological polar surface area (TPSA) is 81.6 Å². The largest absolute Gasteiger partial charge is 0.497 e. The summed E-state index contributed by atoms with van der Waals surface area (Å²) >= 11 is 6.53. The number of aromatic nitrogens is 1. The van der Waals surface area contributed by atoms with Gasteiger partial charge in [0.25, 0.3) is 5.91 Å². The van der Waals surface area contributed by atoms with Crippen molar-refractivity contribution in [3.05, 3.63) is 68.5 Å². The number of benzene rings is 2. The van der Waals surface area contributed by atoms with Crippen LogP contribution in [0.15, 0.2) is 53.6 Å². The highest BCUT2D eigenvalue weighted by molar-refractivity contribution is 7.73. The predicted molar refractivity (Wildman–Crippen MR) is 112 cm³/mol. The minimum Gasteiger partial charge on any atom is -0.497 e. The van der Waals surface area contributed by atoms with E-state index < -0.39 is 5.91 Å². The molecule has 1 aromatic heterocycles. The van der Waals surface area contributed by atoms with Crippen molar-refractivity contribution in [2.45, 2.75) is 6.92 Å². The molecule has 0 aliphatic rings. The summed E-state index contributed by atoms with van der Waals surface area (Å²) in [6.07, 6.45) is 1.55. The van der Waals surface area contributed by atoms with E-state index in [1.165, 1.54) is 0 Å². The molecule has 0 fully saturated rings. The van der Waals surface area contributed by atoms with Gasteiger partial charge in [0.1, 0.15) is 16.4 Å². The summed E-state index contributed by atoms with van der Waals surface area (Å²) in [5.74, 6) is 0.645. The highest BCUT2D eigenvalue weighted by Crippen LogP contribution is 2.26. The number of anilines is 1. The maximum atomic E-state index is 12.4. The first-order chi connectivity index (χ1) is 13.0. The number of ether oxygens (including phenoxy) is 1. The van der Waals surface area contributed by atoms with Crippen molar-refractivity contribution in [1.29, 1.82) is 0 Å². The first-order valence-corrected chi connectivity index (χ1v) is 9.28. The van der Waals surface area contributed by atoms with Gasteiger partial charge in [-0.3, -0.25) is 9.36 Å². The van der Waals surface area contributed by atoms with Gasteiger partial charge in [0, 0.05) is 5.69 Å². The van der Waals surface area contributed by atoms with Crippen LogP contribution < -0.4 is 15.9 Å². The molecule has 0 unspecified atom stereocenters. The number of nitrogens with zero attached hydrogens (tertiary/aromatic N) is 2. The third kappa shape index (κ3) is 4.24. The Hall–Kier alpha value is -2.97. The van der Waals surface area contributed by atoms with Gasteiger partial charge in [-0.15, -0.1) is 0 Å². The minimum atomic E-state index is -0.403. The van der Waals surface area contributed by atoms with E-state index >= 15 is 0 Å². The van der Waals surface area contributed by atoms with Gasteiger partial charge < -0.3 is 10.5 Å². The third-order valence-corrected chi connectivity index (χ3v) is 5.23. The maximum absolute atomic E-state index is 12.4. The molecule has 0 aliphatic heterocycles. The lowest BCUT2D eigenvalue weighted by atomic mass is 10.2. The van der Waals surface area contributed by atoms with E-state index in [0.717, 1.165) is 33.9 Å². The maximum Gasteiger partial charge on any atom is 0.285 e. The second-order valence-electron chi connectivity index (χ2n) is 5.73. The second-order valence-corrected chi connectivity index (χ2v) is 7.37. The molecule has 1 amide bonds. The molecular formula is C19H18N4O2S2. The van der Waals surface area contributed by atoms with Crippen LogP contribution >= 0.6 is 23.6 Å². The van der Waals surface area contributed by atoms with Crippen LogP contribution in [-0.2, 0) is 0 Å². The minimum absolute atomic E-state index is 0.297. The molecule has 138 valence electrons. The molecule has 0 saturated heterocycles. The molecule has 8 heteroatoms. The van der Waals surface area contributed by atoms with E-state index in [9.17, 15) is 4.79 Å². The quantitative estimate of drug-likeness (QED) is 0.388. The Morgan fingerprint density at radius 2 is 1.89 bits per heavy atom. The number of rotatable bonds is 5. The molecule has 0 bridgehead atoms. The van der Waals surface area contributed by atoms with Gasteiger partial charge in [0.2, 0.25) is 0 Å². The van der Waals surface area contributed by atoms with Crippen molar-refractivity contribution in [3.8, 4) is 11.4 Å². The Morgan fingerprint density at radius 1 is 1.22 bits per heavy atom. The molecule has 0 spiro atoms. The fourth-order valence-corrected chi connectivity index (χ4v) is 3.65. The molecule has 3 N–H and O–H groups in total. The summed E-state index contributed by atoms with van der Waals surface area (Å²) in [4.78, 5) is 12.8. The lowest BCUT2D eigenvalue weighted by molar-refractivity contribution is 0.0959. The summed E-state index contributed by atoms with van der Waals surface area (Å²) in [7, 11) is 1.60. The first kappa shape index (κ1) is 18.8.